The number of hydrogen-bond acceptors (Lipinski definition) is 3. The number of aromatic amines is 1. The first kappa shape index (κ1) is 15.0. The minimum atomic E-state index is -0.717. The third-order valence-electron chi connectivity index (χ3n) is 3.55. The maximum absolute atomic E-state index is 11.9. The lowest BCUT2D eigenvalue weighted by molar-refractivity contribution is -0.116. The van der Waals surface area contributed by atoms with Crippen LogP contribution in [0, 0.1) is 0 Å². The molecule has 0 unspecified atom stereocenters. The van der Waals surface area contributed by atoms with Gasteiger partial charge in [0.1, 0.15) is 5.65 Å². The summed E-state index contributed by atoms with van der Waals surface area (Å²) in [6.45, 7) is 0.169. The van der Waals surface area contributed by atoms with Crippen molar-refractivity contribution in [3.05, 3.63) is 72.1 Å². The molecule has 0 spiro atoms. The molecule has 0 aliphatic rings. The van der Waals surface area contributed by atoms with Gasteiger partial charge in [0, 0.05) is 36.0 Å². The molecule has 0 bridgehead atoms. The van der Waals surface area contributed by atoms with E-state index in [-0.39, 0.29) is 12.5 Å². The van der Waals surface area contributed by atoms with Crippen molar-refractivity contribution in [3.63, 3.8) is 0 Å². The fourth-order valence-electron chi connectivity index (χ4n) is 2.33. The zero-order valence-corrected chi connectivity index (χ0v) is 12.4. The lowest BCUT2D eigenvalue weighted by atomic mass is 10.1. The fourth-order valence-corrected chi connectivity index (χ4v) is 2.33. The molecule has 1 atom stereocenters. The topological polar surface area (TPSA) is 78.0 Å². The van der Waals surface area contributed by atoms with Crippen molar-refractivity contribution < 1.29 is 9.90 Å². The van der Waals surface area contributed by atoms with Gasteiger partial charge >= 0.3 is 0 Å². The third-order valence-corrected chi connectivity index (χ3v) is 3.55. The molecule has 3 rings (SSSR count). The van der Waals surface area contributed by atoms with Crippen LogP contribution in [-0.4, -0.2) is 27.5 Å². The number of nitrogens with one attached hydrogen (secondary N) is 2. The lowest BCUT2D eigenvalue weighted by Gasteiger charge is -2.10. The van der Waals surface area contributed by atoms with E-state index < -0.39 is 6.10 Å². The number of nitrogens with zero attached hydrogens (tertiary/aromatic N) is 1. The van der Waals surface area contributed by atoms with Crippen LogP contribution >= 0.6 is 0 Å². The Morgan fingerprint density at radius 1 is 1.26 bits per heavy atom. The zero-order chi connectivity index (χ0) is 16.1. The van der Waals surface area contributed by atoms with Crippen molar-refractivity contribution in [2.45, 2.75) is 6.10 Å². The van der Waals surface area contributed by atoms with Gasteiger partial charge in [-0.1, -0.05) is 30.3 Å². The van der Waals surface area contributed by atoms with Crippen molar-refractivity contribution in [1.29, 1.82) is 0 Å². The molecule has 2 heterocycles. The van der Waals surface area contributed by atoms with Crippen molar-refractivity contribution in [3.8, 4) is 0 Å². The molecule has 0 aliphatic heterocycles. The Morgan fingerprint density at radius 3 is 2.91 bits per heavy atom. The second kappa shape index (κ2) is 6.89. The number of rotatable bonds is 5. The highest BCUT2D eigenvalue weighted by Gasteiger charge is 2.07. The quantitative estimate of drug-likeness (QED) is 0.633. The molecule has 5 heteroatoms. The van der Waals surface area contributed by atoms with E-state index >= 15 is 0 Å². The lowest BCUT2D eigenvalue weighted by Crippen LogP contribution is -2.26. The molecule has 3 N–H and O–H groups in total. The van der Waals surface area contributed by atoms with Gasteiger partial charge in [-0.3, -0.25) is 4.79 Å². The van der Waals surface area contributed by atoms with Crippen LogP contribution in [0.2, 0.25) is 0 Å². The zero-order valence-electron chi connectivity index (χ0n) is 12.4. The summed E-state index contributed by atoms with van der Waals surface area (Å²) in [4.78, 5) is 19.1. The molecular weight excluding hydrogens is 290 g/mol. The maximum Gasteiger partial charge on any atom is 0.244 e. The Labute approximate surface area is 133 Å². The molecule has 5 nitrogen and oxygen atoms in total. The van der Waals surface area contributed by atoms with Gasteiger partial charge in [-0.2, -0.15) is 0 Å². The summed E-state index contributed by atoms with van der Waals surface area (Å²) in [6.07, 6.45) is 5.98. The average Bonchev–Trinajstić information content (AvgIpc) is 3.02. The summed E-state index contributed by atoms with van der Waals surface area (Å²) < 4.78 is 0. The van der Waals surface area contributed by atoms with Crippen LogP contribution in [0.5, 0.6) is 0 Å². The number of fused-ring (bicyclic) bond motifs is 1. The molecule has 1 aromatic carbocycles. The van der Waals surface area contributed by atoms with E-state index in [4.69, 9.17) is 0 Å². The number of carbonyl (C=O) groups is 1. The van der Waals surface area contributed by atoms with E-state index in [0.29, 0.717) is 0 Å². The number of aromatic nitrogens is 2. The Balaban J connectivity index is 1.59. The number of amides is 1. The summed E-state index contributed by atoms with van der Waals surface area (Å²) in [5.41, 5.74) is 2.46. The molecule has 1 amide bonds. The summed E-state index contributed by atoms with van der Waals surface area (Å²) >= 11 is 0. The minimum absolute atomic E-state index is 0.169. The average molecular weight is 307 g/mol. The summed E-state index contributed by atoms with van der Waals surface area (Å²) in [6, 6.07) is 13.0. The molecule has 116 valence electrons. The van der Waals surface area contributed by atoms with Crippen LogP contribution in [0.25, 0.3) is 17.1 Å². The van der Waals surface area contributed by atoms with Crippen molar-refractivity contribution in [2.75, 3.05) is 6.54 Å². The van der Waals surface area contributed by atoms with Crippen LogP contribution < -0.4 is 5.32 Å². The summed E-state index contributed by atoms with van der Waals surface area (Å²) in [5.74, 6) is -0.252. The summed E-state index contributed by atoms with van der Waals surface area (Å²) in [7, 11) is 0. The Morgan fingerprint density at radius 2 is 2.09 bits per heavy atom. The largest absolute Gasteiger partial charge is 0.387 e. The normalized spacial score (nSPS) is 12.6. The van der Waals surface area contributed by atoms with E-state index in [9.17, 15) is 9.90 Å². The molecule has 23 heavy (non-hydrogen) atoms. The second-order valence-electron chi connectivity index (χ2n) is 5.15. The fraction of sp³-hybridized carbons (Fsp3) is 0.111. The first-order valence-electron chi connectivity index (χ1n) is 7.35. The van der Waals surface area contributed by atoms with Crippen molar-refractivity contribution in [1.82, 2.24) is 15.3 Å². The molecule has 0 saturated heterocycles. The van der Waals surface area contributed by atoms with E-state index in [1.54, 1.807) is 18.5 Å². The van der Waals surface area contributed by atoms with Crippen LogP contribution in [0.4, 0.5) is 0 Å². The predicted molar refractivity (Wildman–Crippen MR) is 89.5 cm³/mol. The predicted octanol–water partition coefficient (Wildman–Crippen LogP) is 2.43. The van der Waals surface area contributed by atoms with E-state index in [0.717, 1.165) is 22.2 Å². The third kappa shape index (κ3) is 3.64. The first-order valence-corrected chi connectivity index (χ1v) is 7.35. The number of pyridine rings is 1. The summed E-state index contributed by atoms with van der Waals surface area (Å²) in [5, 5.41) is 13.7. The van der Waals surface area contributed by atoms with E-state index in [2.05, 4.69) is 15.3 Å². The van der Waals surface area contributed by atoms with Gasteiger partial charge in [-0.15, -0.1) is 0 Å². The molecule has 0 fully saturated rings. The van der Waals surface area contributed by atoms with Gasteiger partial charge in [-0.25, -0.2) is 4.98 Å². The highest BCUT2D eigenvalue weighted by atomic mass is 16.3. The number of hydrogen-bond donors (Lipinski definition) is 3. The maximum atomic E-state index is 11.9. The van der Waals surface area contributed by atoms with E-state index in [1.165, 1.54) is 6.08 Å². The number of H-pyrrole nitrogens is 1. The van der Waals surface area contributed by atoms with Gasteiger partial charge < -0.3 is 15.4 Å². The van der Waals surface area contributed by atoms with Gasteiger partial charge in [0.25, 0.3) is 0 Å². The van der Waals surface area contributed by atoms with Gasteiger partial charge in [0.05, 0.1) is 6.10 Å². The van der Waals surface area contributed by atoms with Crippen LogP contribution in [0.15, 0.2) is 60.9 Å². The highest BCUT2D eigenvalue weighted by molar-refractivity contribution is 5.95. The van der Waals surface area contributed by atoms with Gasteiger partial charge in [-0.05, 0) is 23.8 Å². The van der Waals surface area contributed by atoms with Gasteiger partial charge in [0.15, 0.2) is 0 Å². The van der Waals surface area contributed by atoms with Crippen molar-refractivity contribution >= 4 is 23.0 Å². The number of aliphatic hydroxyl groups excluding tert-OH is 1. The first-order chi connectivity index (χ1) is 11.2. The molecule has 0 saturated carbocycles. The number of aliphatic hydroxyl groups is 1. The number of carbonyl (C=O) groups excluding carboxylic acids is 1. The molecular formula is C18H17N3O2. The molecule has 2 aromatic heterocycles. The highest BCUT2D eigenvalue weighted by Crippen LogP contribution is 2.16. The van der Waals surface area contributed by atoms with E-state index in [1.807, 2.05) is 42.5 Å². The Bertz CT molecular complexity index is 824. The SMILES string of the molecule is O=C(C=Cc1c[nH]c2ncccc12)NC[C@H](O)c1ccccc1. The van der Waals surface area contributed by atoms with Gasteiger partial charge in [0.2, 0.25) is 5.91 Å². The number of benzene rings is 1. The monoisotopic (exact) mass is 307 g/mol. The molecule has 3 aromatic rings. The standard InChI is InChI=1S/C18H17N3O2/c22-16(13-5-2-1-3-6-13)12-20-17(23)9-8-14-11-21-18-15(14)7-4-10-19-18/h1-11,16,22H,12H2,(H,19,21)(H,20,23)/t16-/m0/s1. The minimum Gasteiger partial charge on any atom is -0.387 e. The molecule has 0 radical (unpaired) electrons. The smallest absolute Gasteiger partial charge is 0.244 e. The Hall–Kier alpha value is -2.92. The van der Waals surface area contributed by atoms with Crippen LogP contribution in [0.3, 0.4) is 0 Å². The van der Waals surface area contributed by atoms with Crippen molar-refractivity contribution in [2.24, 2.45) is 0 Å². The second-order valence-corrected chi connectivity index (χ2v) is 5.15. The molecule has 0 aliphatic carbocycles. The Kier molecular flexibility index (Phi) is 4.49. The van der Waals surface area contributed by atoms with Crippen LogP contribution in [-0.2, 0) is 4.79 Å². The van der Waals surface area contributed by atoms with Crippen LogP contribution in [0.1, 0.15) is 17.2 Å².